The first kappa shape index (κ1) is 19.5. The first-order chi connectivity index (χ1) is 11.6. The SMILES string of the molecule is CNC1CCCN(C(=O)c2cccc(Cn3nc(C)cc3C)c2)C1.Cl. The summed E-state index contributed by atoms with van der Waals surface area (Å²) in [6.45, 7) is 6.38. The van der Waals surface area contributed by atoms with E-state index in [0.717, 1.165) is 48.4 Å². The summed E-state index contributed by atoms with van der Waals surface area (Å²) < 4.78 is 1.98. The Labute approximate surface area is 155 Å². The van der Waals surface area contributed by atoms with Gasteiger partial charge in [-0.1, -0.05) is 12.1 Å². The van der Waals surface area contributed by atoms with Gasteiger partial charge in [0.15, 0.2) is 0 Å². The molecule has 1 amide bonds. The van der Waals surface area contributed by atoms with E-state index in [4.69, 9.17) is 0 Å². The first-order valence-electron chi connectivity index (χ1n) is 8.63. The molecule has 136 valence electrons. The van der Waals surface area contributed by atoms with Gasteiger partial charge in [-0.05, 0) is 57.5 Å². The Kier molecular flexibility index (Phi) is 6.62. The highest BCUT2D eigenvalue weighted by Crippen LogP contribution is 2.16. The lowest BCUT2D eigenvalue weighted by Crippen LogP contribution is -2.46. The number of amides is 1. The number of aryl methyl sites for hydroxylation is 2. The normalized spacial score (nSPS) is 17.2. The zero-order valence-electron chi connectivity index (χ0n) is 15.2. The average molecular weight is 363 g/mol. The van der Waals surface area contributed by atoms with E-state index in [1.807, 2.05) is 41.8 Å². The number of carbonyl (C=O) groups is 1. The largest absolute Gasteiger partial charge is 0.337 e. The number of piperidine rings is 1. The molecule has 5 nitrogen and oxygen atoms in total. The number of nitrogens with one attached hydrogen (secondary N) is 1. The molecular weight excluding hydrogens is 336 g/mol. The monoisotopic (exact) mass is 362 g/mol. The molecule has 0 aliphatic carbocycles. The molecule has 0 radical (unpaired) electrons. The van der Waals surface area contributed by atoms with Crippen molar-refractivity contribution in [2.45, 2.75) is 39.3 Å². The molecule has 0 bridgehead atoms. The van der Waals surface area contributed by atoms with Crippen LogP contribution in [-0.4, -0.2) is 46.8 Å². The van der Waals surface area contributed by atoms with E-state index in [2.05, 4.69) is 29.5 Å². The molecule has 3 rings (SSSR count). The van der Waals surface area contributed by atoms with Crippen molar-refractivity contribution >= 4 is 18.3 Å². The zero-order chi connectivity index (χ0) is 17.1. The number of nitrogens with zero attached hydrogens (tertiary/aromatic N) is 3. The second-order valence-electron chi connectivity index (χ2n) is 6.66. The summed E-state index contributed by atoms with van der Waals surface area (Å²) in [7, 11) is 1.97. The molecule has 6 heteroatoms. The Hall–Kier alpha value is -1.85. The van der Waals surface area contributed by atoms with Crippen LogP contribution in [0.3, 0.4) is 0 Å². The Morgan fingerprint density at radius 1 is 1.32 bits per heavy atom. The number of hydrogen-bond acceptors (Lipinski definition) is 3. The van der Waals surface area contributed by atoms with Gasteiger partial charge in [-0.25, -0.2) is 0 Å². The lowest BCUT2D eigenvalue weighted by atomic mass is 10.0. The lowest BCUT2D eigenvalue weighted by Gasteiger charge is -2.32. The van der Waals surface area contributed by atoms with Crippen molar-refractivity contribution in [3.8, 4) is 0 Å². The molecule has 1 aliphatic rings. The zero-order valence-corrected chi connectivity index (χ0v) is 16.0. The van der Waals surface area contributed by atoms with Crippen LogP contribution >= 0.6 is 12.4 Å². The van der Waals surface area contributed by atoms with Crippen LogP contribution in [0.15, 0.2) is 30.3 Å². The van der Waals surface area contributed by atoms with E-state index < -0.39 is 0 Å². The Morgan fingerprint density at radius 3 is 2.80 bits per heavy atom. The third-order valence-electron chi connectivity index (χ3n) is 4.73. The molecule has 2 heterocycles. The van der Waals surface area contributed by atoms with Crippen LogP contribution in [-0.2, 0) is 6.54 Å². The minimum Gasteiger partial charge on any atom is -0.337 e. The van der Waals surface area contributed by atoms with Crippen molar-refractivity contribution in [2.24, 2.45) is 0 Å². The Balaban J connectivity index is 0.00000225. The van der Waals surface area contributed by atoms with Crippen LogP contribution < -0.4 is 5.32 Å². The maximum Gasteiger partial charge on any atom is 0.253 e. The van der Waals surface area contributed by atoms with Gasteiger partial charge in [-0.2, -0.15) is 5.10 Å². The predicted molar refractivity (Wildman–Crippen MR) is 102 cm³/mol. The number of carbonyl (C=O) groups excluding carboxylic acids is 1. The number of rotatable bonds is 4. The molecule has 1 aliphatic heterocycles. The summed E-state index contributed by atoms with van der Waals surface area (Å²) in [5.74, 6) is 0.130. The highest BCUT2D eigenvalue weighted by Gasteiger charge is 2.23. The number of hydrogen-bond donors (Lipinski definition) is 1. The third kappa shape index (κ3) is 4.61. The average Bonchev–Trinajstić information content (AvgIpc) is 2.91. The summed E-state index contributed by atoms with van der Waals surface area (Å²) in [5, 5.41) is 7.79. The maximum atomic E-state index is 12.8. The summed E-state index contributed by atoms with van der Waals surface area (Å²) in [4.78, 5) is 14.8. The second-order valence-corrected chi connectivity index (χ2v) is 6.66. The summed E-state index contributed by atoms with van der Waals surface area (Å²) in [6.07, 6.45) is 2.20. The lowest BCUT2D eigenvalue weighted by molar-refractivity contribution is 0.0698. The fraction of sp³-hybridized carbons (Fsp3) is 0.474. The number of halogens is 1. The fourth-order valence-electron chi connectivity index (χ4n) is 3.39. The highest BCUT2D eigenvalue weighted by atomic mass is 35.5. The number of likely N-dealkylation sites (N-methyl/N-ethyl adjacent to an activating group) is 1. The van der Waals surface area contributed by atoms with E-state index in [-0.39, 0.29) is 18.3 Å². The predicted octanol–water partition coefficient (Wildman–Crippen LogP) is 2.79. The molecule has 0 saturated carbocycles. The van der Waals surface area contributed by atoms with Crippen molar-refractivity contribution in [1.29, 1.82) is 0 Å². The molecule has 25 heavy (non-hydrogen) atoms. The number of aromatic nitrogens is 2. The van der Waals surface area contributed by atoms with Crippen LogP contribution in [0.25, 0.3) is 0 Å². The molecule has 1 unspecified atom stereocenters. The highest BCUT2D eigenvalue weighted by molar-refractivity contribution is 5.94. The van der Waals surface area contributed by atoms with Crippen molar-refractivity contribution in [3.05, 3.63) is 52.8 Å². The number of benzene rings is 1. The fourth-order valence-corrected chi connectivity index (χ4v) is 3.39. The van der Waals surface area contributed by atoms with Gasteiger partial charge >= 0.3 is 0 Å². The van der Waals surface area contributed by atoms with Gasteiger partial charge in [0.05, 0.1) is 12.2 Å². The van der Waals surface area contributed by atoms with Gasteiger partial charge in [0.1, 0.15) is 0 Å². The third-order valence-corrected chi connectivity index (χ3v) is 4.73. The molecule has 1 saturated heterocycles. The van der Waals surface area contributed by atoms with Crippen LogP contribution in [0.1, 0.15) is 40.2 Å². The van der Waals surface area contributed by atoms with Gasteiger partial charge in [-0.3, -0.25) is 9.48 Å². The van der Waals surface area contributed by atoms with Crippen molar-refractivity contribution in [2.75, 3.05) is 20.1 Å². The van der Waals surface area contributed by atoms with Gasteiger partial charge in [0.25, 0.3) is 5.91 Å². The topological polar surface area (TPSA) is 50.2 Å². The minimum atomic E-state index is 0. The molecule has 1 aromatic carbocycles. The molecule has 1 fully saturated rings. The van der Waals surface area contributed by atoms with Gasteiger partial charge in [0, 0.05) is 30.4 Å². The van der Waals surface area contributed by atoms with Crippen molar-refractivity contribution < 1.29 is 4.79 Å². The number of likely N-dealkylation sites (tertiary alicyclic amines) is 1. The molecule has 2 aromatic rings. The molecule has 0 spiro atoms. The molecule has 1 atom stereocenters. The smallest absolute Gasteiger partial charge is 0.253 e. The van der Waals surface area contributed by atoms with Gasteiger partial charge in [-0.15, -0.1) is 12.4 Å². The second kappa shape index (κ2) is 8.50. The quantitative estimate of drug-likeness (QED) is 0.909. The van der Waals surface area contributed by atoms with Crippen molar-refractivity contribution in [3.63, 3.8) is 0 Å². The summed E-state index contributed by atoms with van der Waals surface area (Å²) in [5.41, 5.74) is 4.03. The van der Waals surface area contributed by atoms with Crippen LogP contribution in [0.5, 0.6) is 0 Å². The van der Waals surface area contributed by atoms with Crippen LogP contribution in [0, 0.1) is 13.8 Å². The van der Waals surface area contributed by atoms with Crippen LogP contribution in [0.4, 0.5) is 0 Å². The van der Waals surface area contributed by atoms with Gasteiger partial charge < -0.3 is 10.2 Å². The van der Waals surface area contributed by atoms with Crippen molar-refractivity contribution in [1.82, 2.24) is 20.0 Å². The standard InChI is InChI=1S/C19H26N4O.ClH/c1-14-10-15(2)23(21-14)12-16-6-4-7-17(11-16)19(24)22-9-5-8-18(13-22)20-3;/h4,6-7,10-11,18,20H,5,8-9,12-13H2,1-3H3;1H. The minimum absolute atomic E-state index is 0. The van der Waals surface area contributed by atoms with E-state index >= 15 is 0 Å². The van der Waals surface area contributed by atoms with E-state index in [1.54, 1.807) is 0 Å². The first-order valence-corrected chi connectivity index (χ1v) is 8.63. The molecule has 1 N–H and O–H groups in total. The van der Waals surface area contributed by atoms with E-state index in [0.29, 0.717) is 12.6 Å². The molecule has 1 aromatic heterocycles. The summed E-state index contributed by atoms with van der Waals surface area (Å²) >= 11 is 0. The molecular formula is C19H27ClN4O. The Bertz CT molecular complexity index is 728. The van der Waals surface area contributed by atoms with E-state index in [1.165, 1.54) is 0 Å². The Morgan fingerprint density at radius 2 is 2.12 bits per heavy atom. The van der Waals surface area contributed by atoms with Crippen LogP contribution in [0.2, 0.25) is 0 Å². The maximum absolute atomic E-state index is 12.8. The van der Waals surface area contributed by atoms with E-state index in [9.17, 15) is 4.79 Å². The van der Waals surface area contributed by atoms with Gasteiger partial charge in [0.2, 0.25) is 0 Å². The summed E-state index contributed by atoms with van der Waals surface area (Å²) in [6, 6.07) is 10.4.